The summed E-state index contributed by atoms with van der Waals surface area (Å²) < 4.78 is 15.0. The van der Waals surface area contributed by atoms with Crippen molar-refractivity contribution in [2.75, 3.05) is 20.8 Å². The summed E-state index contributed by atoms with van der Waals surface area (Å²) >= 11 is 0. The highest BCUT2D eigenvalue weighted by Gasteiger charge is 2.24. The molecule has 0 saturated carbocycles. The van der Waals surface area contributed by atoms with Crippen LogP contribution in [0.2, 0.25) is 0 Å². The highest BCUT2D eigenvalue weighted by Crippen LogP contribution is 2.16. The van der Waals surface area contributed by atoms with Crippen molar-refractivity contribution >= 4 is 18.0 Å². The third kappa shape index (κ3) is 8.28. The number of amides is 2. The predicted molar refractivity (Wildman–Crippen MR) is 104 cm³/mol. The normalized spacial score (nSPS) is 11.9. The van der Waals surface area contributed by atoms with Crippen LogP contribution in [0.1, 0.15) is 39.7 Å². The minimum atomic E-state index is -0.675. The summed E-state index contributed by atoms with van der Waals surface area (Å²) in [4.78, 5) is 37.7. The number of carbonyl (C=O) groups excluding carboxylic acids is 3. The van der Waals surface area contributed by atoms with Crippen molar-refractivity contribution in [1.29, 1.82) is 0 Å². The van der Waals surface area contributed by atoms with Gasteiger partial charge in [-0.05, 0) is 45.4 Å². The molecule has 2 amide bonds. The van der Waals surface area contributed by atoms with Gasteiger partial charge in [0.05, 0.1) is 20.6 Å². The molecule has 0 fully saturated rings. The molecule has 8 nitrogen and oxygen atoms in total. The van der Waals surface area contributed by atoms with Crippen LogP contribution in [0.5, 0.6) is 5.75 Å². The van der Waals surface area contributed by atoms with Gasteiger partial charge in [0.2, 0.25) is 5.91 Å². The quantitative estimate of drug-likeness (QED) is 0.681. The summed E-state index contributed by atoms with van der Waals surface area (Å²) in [5, 5.41) is 2.46. The van der Waals surface area contributed by atoms with E-state index >= 15 is 0 Å². The molecule has 1 N–H and O–H groups in total. The van der Waals surface area contributed by atoms with Gasteiger partial charge in [-0.15, -0.1) is 0 Å². The Morgan fingerprint density at radius 2 is 1.71 bits per heavy atom. The van der Waals surface area contributed by atoms with Gasteiger partial charge in [-0.25, -0.2) is 4.79 Å². The van der Waals surface area contributed by atoms with Gasteiger partial charge < -0.3 is 24.4 Å². The highest BCUT2D eigenvalue weighted by atomic mass is 16.6. The fourth-order valence-electron chi connectivity index (χ4n) is 2.42. The first-order chi connectivity index (χ1) is 13.1. The zero-order valence-electron chi connectivity index (χ0n) is 17.4. The fourth-order valence-corrected chi connectivity index (χ4v) is 2.42. The van der Waals surface area contributed by atoms with Gasteiger partial charge in [0.15, 0.2) is 0 Å². The van der Waals surface area contributed by atoms with Crippen LogP contribution in [0, 0.1) is 0 Å². The number of hydrogen-bond acceptors (Lipinski definition) is 6. The molecule has 28 heavy (non-hydrogen) atoms. The van der Waals surface area contributed by atoms with E-state index in [-0.39, 0.29) is 25.4 Å². The maximum atomic E-state index is 12.7. The Morgan fingerprint density at radius 1 is 1.11 bits per heavy atom. The summed E-state index contributed by atoms with van der Waals surface area (Å²) in [5.41, 5.74) is 0.205. The number of alkyl carbamates (subject to hydrolysis) is 1. The summed E-state index contributed by atoms with van der Waals surface area (Å²) in [6.07, 6.45) is -0.629. The molecule has 0 aromatic heterocycles. The molecule has 0 aliphatic carbocycles. The van der Waals surface area contributed by atoms with E-state index in [2.05, 4.69) is 5.32 Å². The molecule has 1 rings (SSSR count). The van der Waals surface area contributed by atoms with E-state index in [1.54, 1.807) is 46.9 Å². The lowest BCUT2D eigenvalue weighted by molar-refractivity contribution is -0.143. The van der Waals surface area contributed by atoms with Crippen molar-refractivity contribution in [1.82, 2.24) is 10.2 Å². The van der Waals surface area contributed by atoms with E-state index in [9.17, 15) is 14.4 Å². The largest absolute Gasteiger partial charge is 0.497 e. The Morgan fingerprint density at radius 3 is 2.21 bits per heavy atom. The van der Waals surface area contributed by atoms with Crippen LogP contribution in [0.25, 0.3) is 0 Å². The van der Waals surface area contributed by atoms with Crippen LogP contribution in [0.4, 0.5) is 4.79 Å². The van der Waals surface area contributed by atoms with E-state index in [0.717, 1.165) is 5.56 Å². The average molecular weight is 394 g/mol. The van der Waals surface area contributed by atoms with Crippen LogP contribution < -0.4 is 10.1 Å². The van der Waals surface area contributed by atoms with E-state index in [4.69, 9.17) is 14.2 Å². The second-order valence-corrected chi connectivity index (χ2v) is 7.35. The van der Waals surface area contributed by atoms with Gasteiger partial charge in [0, 0.05) is 12.6 Å². The number of nitrogens with zero attached hydrogens (tertiary/aromatic N) is 1. The second-order valence-electron chi connectivity index (χ2n) is 7.35. The van der Waals surface area contributed by atoms with Crippen molar-refractivity contribution in [3.8, 4) is 5.75 Å². The smallest absolute Gasteiger partial charge is 0.408 e. The Bertz CT molecular complexity index is 666. The zero-order chi connectivity index (χ0) is 21.3. The van der Waals surface area contributed by atoms with Gasteiger partial charge in [0.1, 0.15) is 17.9 Å². The Hall–Kier alpha value is -2.77. The molecular formula is C20H30N2O6. The summed E-state index contributed by atoms with van der Waals surface area (Å²) in [6, 6.07) is 6.85. The second kappa shape index (κ2) is 10.5. The van der Waals surface area contributed by atoms with Crippen LogP contribution >= 0.6 is 0 Å². The van der Waals surface area contributed by atoms with Crippen molar-refractivity contribution in [3.63, 3.8) is 0 Å². The fraction of sp³-hybridized carbons (Fsp3) is 0.550. The lowest BCUT2D eigenvalue weighted by Gasteiger charge is -2.29. The molecule has 0 aliphatic rings. The molecule has 0 spiro atoms. The van der Waals surface area contributed by atoms with Gasteiger partial charge in [-0.1, -0.05) is 12.1 Å². The highest BCUT2D eigenvalue weighted by molar-refractivity contribution is 5.83. The third-order valence-corrected chi connectivity index (χ3v) is 3.84. The molecule has 156 valence electrons. The molecule has 0 saturated heterocycles. The number of carbonyl (C=O) groups is 3. The lowest BCUT2D eigenvalue weighted by atomic mass is 10.1. The molecule has 0 aliphatic heterocycles. The molecule has 0 heterocycles. The standard InChI is InChI=1S/C20H30N2O6/c1-14(11-18(24)27-6)22(13-15-7-9-16(26-5)10-8-15)17(23)12-21-19(25)28-20(2,3)4/h7-10,14H,11-13H2,1-6H3,(H,21,25). The van der Waals surface area contributed by atoms with Crippen molar-refractivity contribution in [3.05, 3.63) is 29.8 Å². The monoisotopic (exact) mass is 394 g/mol. The predicted octanol–water partition coefficient (Wildman–Crippen LogP) is 2.50. The molecular weight excluding hydrogens is 364 g/mol. The van der Waals surface area contributed by atoms with Crippen LogP contribution in [-0.2, 0) is 25.6 Å². The molecule has 8 heteroatoms. The number of benzene rings is 1. The van der Waals surface area contributed by atoms with Crippen molar-refractivity contribution < 1.29 is 28.6 Å². The SMILES string of the molecule is COC(=O)CC(C)N(Cc1ccc(OC)cc1)C(=O)CNC(=O)OC(C)(C)C. The van der Waals surface area contributed by atoms with Gasteiger partial charge >= 0.3 is 12.1 Å². The Kier molecular flexibility index (Phi) is 8.76. The van der Waals surface area contributed by atoms with Crippen LogP contribution in [-0.4, -0.2) is 55.3 Å². The molecule has 1 atom stereocenters. The topological polar surface area (TPSA) is 94.2 Å². The summed E-state index contributed by atoms with van der Waals surface area (Å²) in [5.74, 6) is -0.0472. The van der Waals surface area contributed by atoms with Gasteiger partial charge in [0.25, 0.3) is 0 Å². The third-order valence-electron chi connectivity index (χ3n) is 3.84. The Labute approximate surface area is 166 Å². The average Bonchev–Trinajstić information content (AvgIpc) is 2.63. The lowest BCUT2D eigenvalue weighted by Crippen LogP contribution is -2.45. The number of ether oxygens (including phenoxy) is 3. The van der Waals surface area contributed by atoms with Crippen LogP contribution in [0.15, 0.2) is 24.3 Å². The van der Waals surface area contributed by atoms with Gasteiger partial charge in [-0.3, -0.25) is 9.59 Å². The van der Waals surface area contributed by atoms with Crippen molar-refractivity contribution in [2.24, 2.45) is 0 Å². The minimum Gasteiger partial charge on any atom is -0.497 e. The number of nitrogens with one attached hydrogen (secondary N) is 1. The number of rotatable bonds is 8. The van der Waals surface area contributed by atoms with E-state index in [1.165, 1.54) is 12.0 Å². The van der Waals surface area contributed by atoms with E-state index < -0.39 is 23.7 Å². The first-order valence-corrected chi connectivity index (χ1v) is 9.01. The molecule has 1 aromatic rings. The maximum Gasteiger partial charge on any atom is 0.408 e. The molecule has 1 aromatic carbocycles. The molecule has 1 unspecified atom stereocenters. The Balaban J connectivity index is 2.84. The number of hydrogen-bond donors (Lipinski definition) is 1. The van der Waals surface area contributed by atoms with Crippen LogP contribution in [0.3, 0.4) is 0 Å². The number of methoxy groups -OCH3 is 2. The summed E-state index contributed by atoms with van der Waals surface area (Å²) in [7, 11) is 2.88. The number of esters is 1. The van der Waals surface area contributed by atoms with E-state index in [1.807, 2.05) is 12.1 Å². The molecule has 0 radical (unpaired) electrons. The maximum absolute atomic E-state index is 12.7. The van der Waals surface area contributed by atoms with Gasteiger partial charge in [-0.2, -0.15) is 0 Å². The van der Waals surface area contributed by atoms with E-state index in [0.29, 0.717) is 5.75 Å². The first-order valence-electron chi connectivity index (χ1n) is 9.01. The molecule has 0 bridgehead atoms. The van der Waals surface area contributed by atoms with Crippen molar-refractivity contribution in [2.45, 2.75) is 52.3 Å². The minimum absolute atomic E-state index is 0.0465. The summed E-state index contributed by atoms with van der Waals surface area (Å²) in [6.45, 7) is 7.01. The first kappa shape index (κ1) is 23.3. The zero-order valence-corrected chi connectivity index (χ0v) is 17.4.